The van der Waals surface area contributed by atoms with Gasteiger partial charge in [0, 0.05) is 31.0 Å². The van der Waals surface area contributed by atoms with Crippen molar-refractivity contribution in [1.29, 1.82) is 0 Å². The molecule has 1 saturated carbocycles. The third-order valence-corrected chi connectivity index (χ3v) is 8.25. The van der Waals surface area contributed by atoms with Gasteiger partial charge in [0.25, 0.3) is 5.92 Å². The van der Waals surface area contributed by atoms with E-state index in [9.17, 15) is 30.8 Å². The van der Waals surface area contributed by atoms with Gasteiger partial charge in [0.2, 0.25) is 15.9 Å². The van der Waals surface area contributed by atoms with Crippen LogP contribution in [0.1, 0.15) is 62.4 Å². The number of rotatable bonds is 7. The second kappa shape index (κ2) is 8.92. The lowest BCUT2D eigenvalue weighted by Gasteiger charge is -2.27. The van der Waals surface area contributed by atoms with Crippen LogP contribution < -0.4 is 5.32 Å². The second-order valence-electron chi connectivity index (χ2n) is 8.98. The Labute approximate surface area is 195 Å². The lowest BCUT2D eigenvalue weighted by molar-refractivity contribution is -0.124. The number of carbonyl (C=O) groups is 1. The summed E-state index contributed by atoms with van der Waals surface area (Å²) < 4.78 is 83.4. The molecule has 4 rings (SSSR count). The van der Waals surface area contributed by atoms with E-state index < -0.39 is 51.3 Å². The normalized spacial score (nSPS) is 21.6. The summed E-state index contributed by atoms with van der Waals surface area (Å²) >= 11 is 0. The first-order chi connectivity index (χ1) is 15.9. The number of alkyl halides is 2. The van der Waals surface area contributed by atoms with Gasteiger partial charge in [-0.1, -0.05) is 0 Å². The Balaban J connectivity index is 1.56. The maximum absolute atomic E-state index is 14.9. The van der Waals surface area contributed by atoms with E-state index in [4.69, 9.17) is 0 Å². The maximum Gasteiger partial charge on any atom is 0.286 e. The summed E-state index contributed by atoms with van der Waals surface area (Å²) in [6.45, 7) is 1.95. The third kappa shape index (κ3) is 4.81. The number of pyridine rings is 1. The zero-order valence-electron chi connectivity index (χ0n) is 18.7. The van der Waals surface area contributed by atoms with Crippen LogP contribution in [0.15, 0.2) is 35.2 Å². The summed E-state index contributed by atoms with van der Waals surface area (Å²) in [4.78, 5) is 16.6. The molecular weight excluding hydrogens is 474 g/mol. The summed E-state index contributed by atoms with van der Waals surface area (Å²) in [5, 5.41) is 2.51. The zero-order valence-corrected chi connectivity index (χ0v) is 19.5. The van der Waals surface area contributed by atoms with Crippen molar-refractivity contribution >= 4 is 15.9 Å². The van der Waals surface area contributed by atoms with Crippen LogP contribution in [0, 0.1) is 11.6 Å². The predicted molar refractivity (Wildman–Crippen MR) is 115 cm³/mol. The summed E-state index contributed by atoms with van der Waals surface area (Å²) in [5.41, 5.74) is -0.728. The van der Waals surface area contributed by atoms with Gasteiger partial charge < -0.3 is 5.32 Å². The SMILES string of the molecule is C[C@H]1CC[C@@H](C(=O)NCc2cc(C(C)(F)F)nc(C3CC3)c2F)N1S(=O)(=O)c1ccc(F)cc1. The number of carbonyl (C=O) groups excluding carboxylic acids is 1. The van der Waals surface area contributed by atoms with Gasteiger partial charge in [0.15, 0.2) is 0 Å². The Morgan fingerprint density at radius 3 is 2.38 bits per heavy atom. The van der Waals surface area contributed by atoms with Gasteiger partial charge in [-0.3, -0.25) is 4.79 Å². The third-order valence-electron chi connectivity index (χ3n) is 6.22. The fraction of sp³-hybridized carbons (Fsp3) is 0.478. The Kier molecular flexibility index (Phi) is 6.45. The minimum atomic E-state index is -4.10. The summed E-state index contributed by atoms with van der Waals surface area (Å²) in [6, 6.07) is 3.68. The van der Waals surface area contributed by atoms with Crippen LogP contribution in [0.5, 0.6) is 0 Å². The molecule has 184 valence electrons. The molecule has 11 heteroatoms. The molecule has 0 radical (unpaired) electrons. The number of hydrogen-bond donors (Lipinski definition) is 1. The van der Waals surface area contributed by atoms with Crippen molar-refractivity contribution in [3.63, 3.8) is 0 Å². The van der Waals surface area contributed by atoms with Gasteiger partial charge in [-0.25, -0.2) is 22.2 Å². The molecule has 2 aromatic rings. The molecule has 2 fully saturated rings. The Hall–Kier alpha value is -2.53. The molecule has 1 aliphatic heterocycles. The highest BCUT2D eigenvalue weighted by Gasteiger charge is 2.44. The molecule has 1 aromatic heterocycles. The quantitative estimate of drug-likeness (QED) is 0.579. The molecular formula is C23H25F4N3O3S. The summed E-state index contributed by atoms with van der Waals surface area (Å²) in [7, 11) is -4.10. The highest BCUT2D eigenvalue weighted by molar-refractivity contribution is 7.89. The van der Waals surface area contributed by atoms with Crippen LogP contribution in [-0.4, -0.2) is 35.7 Å². The lowest BCUT2D eigenvalue weighted by atomic mass is 10.1. The van der Waals surface area contributed by atoms with Crippen molar-refractivity contribution in [1.82, 2.24) is 14.6 Å². The van der Waals surface area contributed by atoms with Gasteiger partial charge in [0.1, 0.15) is 23.4 Å². The molecule has 0 bridgehead atoms. The van der Waals surface area contributed by atoms with Crippen molar-refractivity contribution in [3.05, 3.63) is 58.9 Å². The molecule has 2 aliphatic rings. The molecule has 1 saturated heterocycles. The van der Waals surface area contributed by atoms with E-state index in [-0.39, 0.29) is 35.0 Å². The first kappa shape index (κ1) is 24.6. The van der Waals surface area contributed by atoms with Crippen molar-refractivity contribution in [3.8, 4) is 0 Å². The number of halogens is 4. The molecule has 1 aromatic carbocycles. The van der Waals surface area contributed by atoms with Gasteiger partial charge in [-0.15, -0.1) is 0 Å². The van der Waals surface area contributed by atoms with E-state index >= 15 is 0 Å². The second-order valence-corrected chi connectivity index (χ2v) is 10.8. The smallest absolute Gasteiger partial charge is 0.286 e. The molecule has 1 aliphatic carbocycles. The molecule has 0 spiro atoms. The Bertz CT molecular complexity index is 1200. The number of nitrogens with one attached hydrogen (secondary N) is 1. The Morgan fingerprint density at radius 1 is 1.15 bits per heavy atom. The van der Waals surface area contributed by atoms with E-state index in [1.807, 2.05) is 0 Å². The monoisotopic (exact) mass is 499 g/mol. The standard InChI is InChI=1S/C23H25F4N3O3S/c1-13-3-10-18(30(13)34(32,33)17-8-6-16(24)7-9-17)22(31)28-12-15-11-19(23(2,26)27)29-21(20(15)25)14-4-5-14/h6-9,11,13-14,18H,3-5,10,12H2,1-2H3,(H,28,31)/t13-,18-/m0/s1. The molecule has 2 heterocycles. The molecule has 0 unspecified atom stereocenters. The number of amides is 1. The van der Waals surface area contributed by atoms with E-state index in [1.165, 1.54) is 0 Å². The lowest BCUT2D eigenvalue weighted by Crippen LogP contribution is -2.48. The highest BCUT2D eigenvalue weighted by atomic mass is 32.2. The average Bonchev–Trinajstić information content (AvgIpc) is 3.52. The van der Waals surface area contributed by atoms with Crippen LogP contribution in [0.3, 0.4) is 0 Å². The number of aromatic nitrogens is 1. The van der Waals surface area contributed by atoms with Crippen LogP contribution >= 0.6 is 0 Å². The molecule has 34 heavy (non-hydrogen) atoms. The number of hydrogen-bond acceptors (Lipinski definition) is 4. The Morgan fingerprint density at radius 2 is 1.79 bits per heavy atom. The van der Waals surface area contributed by atoms with Gasteiger partial charge in [-0.05, 0) is 62.9 Å². The van der Waals surface area contributed by atoms with Crippen LogP contribution in [0.25, 0.3) is 0 Å². The number of benzene rings is 1. The predicted octanol–water partition coefficient (Wildman–Crippen LogP) is 4.21. The summed E-state index contributed by atoms with van der Waals surface area (Å²) in [6.07, 6.45) is 1.97. The van der Waals surface area contributed by atoms with E-state index in [2.05, 4.69) is 10.3 Å². The minimum Gasteiger partial charge on any atom is -0.351 e. The maximum atomic E-state index is 14.9. The van der Waals surface area contributed by atoms with Gasteiger partial charge in [-0.2, -0.15) is 13.1 Å². The van der Waals surface area contributed by atoms with Crippen molar-refractivity contribution < 1.29 is 30.8 Å². The first-order valence-electron chi connectivity index (χ1n) is 11.0. The largest absolute Gasteiger partial charge is 0.351 e. The average molecular weight is 500 g/mol. The molecule has 2 atom stereocenters. The van der Waals surface area contributed by atoms with E-state index in [0.717, 1.165) is 34.6 Å². The molecule has 1 amide bonds. The van der Waals surface area contributed by atoms with Crippen LogP contribution in [0.4, 0.5) is 17.6 Å². The molecule has 1 N–H and O–H groups in total. The fourth-order valence-electron chi connectivity index (χ4n) is 4.23. The van der Waals surface area contributed by atoms with E-state index in [0.29, 0.717) is 26.2 Å². The van der Waals surface area contributed by atoms with Crippen molar-refractivity contribution in [2.24, 2.45) is 0 Å². The van der Waals surface area contributed by atoms with Crippen molar-refractivity contribution in [2.45, 2.75) is 74.9 Å². The van der Waals surface area contributed by atoms with Crippen LogP contribution in [0.2, 0.25) is 0 Å². The zero-order chi connectivity index (χ0) is 24.8. The van der Waals surface area contributed by atoms with E-state index in [1.54, 1.807) is 6.92 Å². The topological polar surface area (TPSA) is 79.4 Å². The molecule has 6 nitrogen and oxygen atoms in total. The van der Waals surface area contributed by atoms with Crippen molar-refractivity contribution in [2.75, 3.05) is 0 Å². The van der Waals surface area contributed by atoms with Gasteiger partial charge in [0.05, 0.1) is 10.6 Å². The first-order valence-corrected chi connectivity index (χ1v) is 12.5. The van der Waals surface area contributed by atoms with Gasteiger partial charge >= 0.3 is 0 Å². The number of nitrogens with zero attached hydrogens (tertiary/aromatic N) is 2. The van der Waals surface area contributed by atoms with Crippen LogP contribution in [-0.2, 0) is 27.3 Å². The number of sulfonamides is 1. The summed E-state index contributed by atoms with van der Waals surface area (Å²) in [5.74, 6) is -5.49. The fourth-order valence-corrected chi connectivity index (χ4v) is 6.06. The minimum absolute atomic E-state index is 0.0294. The highest BCUT2D eigenvalue weighted by Crippen LogP contribution is 2.42.